The molecule has 8 unspecified atom stereocenters. The minimum Gasteiger partial charge on any atom is -0.369 e. The van der Waals surface area contributed by atoms with Crippen LogP contribution >= 0.6 is 0 Å². The van der Waals surface area contributed by atoms with Gasteiger partial charge in [-0.1, -0.05) is 23.8 Å². The number of carbonyl (C=O) groups excluding carboxylic acids is 1. The third-order valence-corrected chi connectivity index (χ3v) is 8.78. The van der Waals surface area contributed by atoms with E-state index in [1.54, 1.807) is 0 Å². The van der Waals surface area contributed by atoms with Crippen LogP contribution in [-0.2, 0) is 4.79 Å². The van der Waals surface area contributed by atoms with Gasteiger partial charge in [0.1, 0.15) is 0 Å². The molecule has 0 saturated heterocycles. The van der Waals surface area contributed by atoms with Gasteiger partial charge in [-0.3, -0.25) is 4.79 Å². The highest BCUT2D eigenvalue weighted by atomic mass is 16.1. The SMILES string of the molecule is NC(=O)C1CCC2CCC3C4CCC5CCC=CC5C4=CCC3C2C1. The Kier molecular flexibility index (Phi) is 4.06. The number of hydrogen-bond acceptors (Lipinski definition) is 1. The van der Waals surface area contributed by atoms with Gasteiger partial charge in [0.25, 0.3) is 0 Å². The molecule has 25 heavy (non-hydrogen) atoms. The fourth-order valence-electron chi connectivity index (χ4n) is 7.62. The molecule has 2 N–H and O–H groups in total. The Morgan fingerprint density at radius 2 is 1.76 bits per heavy atom. The van der Waals surface area contributed by atoms with E-state index in [0.29, 0.717) is 0 Å². The number of rotatable bonds is 1. The molecule has 136 valence electrons. The van der Waals surface area contributed by atoms with Gasteiger partial charge in [0, 0.05) is 11.8 Å². The van der Waals surface area contributed by atoms with Crippen molar-refractivity contribution in [2.75, 3.05) is 0 Å². The second kappa shape index (κ2) is 6.28. The molecule has 1 amide bonds. The van der Waals surface area contributed by atoms with Gasteiger partial charge in [0.15, 0.2) is 0 Å². The molecule has 5 rings (SSSR count). The Bertz CT molecular complexity index is 605. The lowest BCUT2D eigenvalue weighted by Crippen LogP contribution is -2.46. The molecule has 0 aromatic rings. The number of amides is 1. The van der Waals surface area contributed by atoms with Crippen molar-refractivity contribution in [1.82, 2.24) is 0 Å². The summed E-state index contributed by atoms with van der Waals surface area (Å²) in [5, 5.41) is 0. The van der Waals surface area contributed by atoms with Crippen molar-refractivity contribution in [3.05, 3.63) is 23.8 Å². The van der Waals surface area contributed by atoms with Gasteiger partial charge >= 0.3 is 0 Å². The topological polar surface area (TPSA) is 43.1 Å². The van der Waals surface area contributed by atoms with Crippen LogP contribution in [0, 0.1) is 47.3 Å². The molecule has 0 aromatic carbocycles. The van der Waals surface area contributed by atoms with Gasteiger partial charge in [-0.15, -0.1) is 0 Å². The van der Waals surface area contributed by atoms with Crippen LogP contribution in [0.15, 0.2) is 23.8 Å². The van der Waals surface area contributed by atoms with Crippen molar-refractivity contribution in [2.24, 2.45) is 53.1 Å². The molecule has 2 heteroatoms. The Morgan fingerprint density at radius 1 is 0.920 bits per heavy atom. The molecule has 0 spiro atoms. The average Bonchev–Trinajstić information content (AvgIpc) is 2.66. The highest BCUT2D eigenvalue weighted by Gasteiger charge is 2.49. The molecule has 5 aliphatic carbocycles. The van der Waals surface area contributed by atoms with E-state index in [1.165, 1.54) is 51.4 Å². The first kappa shape index (κ1) is 16.1. The van der Waals surface area contributed by atoms with Crippen LogP contribution in [-0.4, -0.2) is 5.91 Å². The summed E-state index contributed by atoms with van der Waals surface area (Å²) in [6, 6.07) is 0. The first-order chi connectivity index (χ1) is 12.2. The van der Waals surface area contributed by atoms with Crippen LogP contribution in [0.25, 0.3) is 0 Å². The molecular formula is C23H33NO. The van der Waals surface area contributed by atoms with E-state index in [1.807, 2.05) is 5.57 Å². The zero-order valence-corrected chi connectivity index (χ0v) is 15.4. The predicted octanol–water partition coefficient (Wildman–Crippen LogP) is 4.85. The van der Waals surface area contributed by atoms with Gasteiger partial charge in [-0.05, 0) is 99.7 Å². The molecular weight excluding hydrogens is 306 g/mol. The maximum Gasteiger partial charge on any atom is 0.220 e. The van der Waals surface area contributed by atoms with E-state index < -0.39 is 0 Å². The third-order valence-electron chi connectivity index (χ3n) is 8.78. The Hall–Kier alpha value is -1.05. The number of carbonyl (C=O) groups is 1. The van der Waals surface area contributed by atoms with Gasteiger partial charge in [0.05, 0.1) is 0 Å². The van der Waals surface area contributed by atoms with Crippen LogP contribution in [0.1, 0.15) is 64.2 Å². The molecule has 0 heterocycles. The number of nitrogens with two attached hydrogens (primary N) is 1. The summed E-state index contributed by atoms with van der Waals surface area (Å²) in [5.41, 5.74) is 7.49. The van der Waals surface area contributed by atoms with E-state index in [0.717, 1.165) is 54.3 Å². The van der Waals surface area contributed by atoms with Gasteiger partial charge in [-0.2, -0.15) is 0 Å². The van der Waals surface area contributed by atoms with Crippen LogP contribution in [0.5, 0.6) is 0 Å². The summed E-state index contributed by atoms with van der Waals surface area (Å²) in [4.78, 5) is 11.8. The summed E-state index contributed by atoms with van der Waals surface area (Å²) in [6.45, 7) is 0. The van der Waals surface area contributed by atoms with E-state index in [-0.39, 0.29) is 11.8 Å². The quantitative estimate of drug-likeness (QED) is 0.682. The maximum atomic E-state index is 11.8. The second-order valence-electron chi connectivity index (χ2n) is 9.66. The summed E-state index contributed by atoms with van der Waals surface area (Å²) in [5.74, 6) is 6.01. The highest BCUT2D eigenvalue weighted by Crippen LogP contribution is 2.58. The molecule has 0 radical (unpaired) electrons. The Labute approximate surface area is 152 Å². The van der Waals surface area contributed by atoms with Crippen LogP contribution in [0.2, 0.25) is 0 Å². The summed E-state index contributed by atoms with van der Waals surface area (Å²) >= 11 is 0. The van der Waals surface area contributed by atoms with E-state index in [2.05, 4.69) is 18.2 Å². The Morgan fingerprint density at radius 3 is 2.64 bits per heavy atom. The van der Waals surface area contributed by atoms with Crippen molar-refractivity contribution in [3.63, 3.8) is 0 Å². The van der Waals surface area contributed by atoms with Crippen molar-refractivity contribution in [3.8, 4) is 0 Å². The predicted molar refractivity (Wildman–Crippen MR) is 101 cm³/mol. The average molecular weight is 340 g/mol. The van der Waals surface area contributed by atoms with Gasteiger partial charge < -0.3 is 5.73 Å². The fourth-order valence-corrected chi connectivity index (χ4v) is 7.62. The molecule has 5 aliphatic rings. The largest absolute Gasteiger partial charge is 0.369 e. The normalized spacial score (nSPS) is 48.4. The molecule has 0 aromatic heterocycles. The number of allylic oxidation sites excluding steroid dienone is 4. The Balaban J connectivity index is 1.41. The fraction of sp³-hybridized carbons (Fsp3) is 0.783. The molecule has 3 fully saturated rings. The van der Waals surface area contributed by atoms with Crippen molar-refractivity contribution < 1.29 is 4.79 Å². The summed E-state index contributed by atoms with van der Waals surface area (Å²) in [6.07, 6.45) is 20.7. The first-order valence-corrected chi connectivity index (χ1v) is 10.9. The van der Waals surface area contributed by atoms with Gasteiger partial charge in [-0.25, -0.2) is 0 Å². The number of fused-ring (bicyclic) bond motifs is 7. The standard InChI is InChI=1S/C23H33NO/c24-23(25)16-6-5-15-8-10-20-19-9-7-14-3-1-2-4-17(14)18(19)11-12-21(20)22(15)13-16/h2,4,11,14-17,19-22H,1,3,5-10,12-13H2,(H2,24,25). The monoisotopic (exact) mass is 339 g/mol. The molecule has 0 bridgehead atoms. The summed E-state index contributed by atoms with van der Waals surface area (Å²) < 4.78 is 0. The minimum atomic E-state index is -0.0412. The maximum absolute atomic E-state index is 11.8. The lowest BCUT2D eigenvalue weighted by Gasteiger charge is -2.54. The summed E-state index contributed by atoms with van der Waals surface area (Å²) in [7, 11) is 0. The van der Waals surface area contributed by atoms with Crippen LogP contribution < -0.4 is 5.73 Å². The number of primary amides is 1. The van der Waals surface area contributed by atoms with Crippen LogP contribution in [0.4, 0.5) is 0 Å². The second-order valence-corrected chi connectivity index (χ2v) is 9.66. The number of hydrogen-bond donors (Lipinski definition) is 1. The highest BCUT2D eigenvalue weighted by molar-refractivity contribution is 5.76. The smallest absolute Gasteiger partial charge is 0.220 e. The van der Waals surface area contributed by atoms with Crippen molar-refractivity contribution >= 4 is 5.91 Å². The molecule has 2 nitrogen and oxygen atoms in total. The zero-order chi connectivity index (χ0) is 17.0. The lowest BCUT2D eigenvalue weighted by atomic mass is 9.51. The first-order valence-electron chi connectivity index (χ1n) is 10.9. The zero-order valence-electron chi connectivity index (χ0n) is 15.4. The van der Waals surface area contributed by atoms with E-state index >= 15 is 0 Å². The van der Waals surface area contributed by atoms with E-state index in [9.17, 15) is 4.79 Å². The third kappa shape index (κ3) is 2.62. The molecule has 0 aliphatic heterocycles. The molecule has 8 atom stereocenters. The van der Waals surface area contributed by atoms with Crippen molar-refractivity contribution in [1.29, 1.82) is 0 Å². The van der Waals surface area contributed by atoms with Crippen LogP contribution in [0.3, 0.4) is 0 Å². The van der Waals surface area contributed by atoms with E-state index in [4.69, 9.17) is 5.73 Å². The van der Waals surface area contributed by atoms with Crippen molar-refractivity contribution in [2.45, 2.75) is 64.2 Å². The molecule has 3 saturated carbocycles. The van der Waals surface area contributed by atoms with Gasteiger partial charge in [0.2, 0.25) is 5.91 Å². The minimum absolute atomic E-state index is 0.0412. The lowest BCUT2D eigenvalue weighted by molar-refractivity contribution is -0.125.